The second-order valence-electron chi connectivity index (χ2n) is 7.25. The molecule has 1 saturated carbocycles. The Hall–Kier alpha value is -0.0800. The van der Waals surface area contributed by atoms with Gasteiger partial charge in [0.15, 0.2) is 0 Å². The molecule has 0 aromatic heterocycles. The van der Waals surface area contributed by atoms with E-state index in [9.17, 15) is 0 Å². The molecule has 2 heterocycles. The third kappa shape index (κ3) is 2.91. The van der Waals surface area contributed by atoms with Crippen molar-refractivity contribution in [3.63, 3.8) is 0 Å². The molecule has 18 heavy (non-hydrogen) atoms. The Labute approximate surface area is 113 Å². The molecule has 2 nitrogen and oxygen atoms in total. The van der Waals surface area contributed by atoms with E-state index in [0.717, 1.165) is 17.4 Å². The Morgan fingerprint density at radius 1 is 1.11 bits per heavy atom. The van der Waals surface area contributed by atoms with E-state index in [0.29, 0.717) is 0 Å². The number of nitrogens with zero attached hydrogens (tertiary/aromatic N) is 1. The van der Waals surface area contributed by atoms with Crippen LogP contribution in [-0.2, 0) is 0 Å². The fourth-order valence-corrected chi connectivity index (χ4v) is 4.60. The average Bonchev–Trinajstić information content (AvgIpc) is 2.81. The highest BCUT2D eigenvalue weighted by Crippen LogP contribution is 2.46. The lowest BCUT2D eigenvalue weighted by Crippen LogP contribution is -2.44. The van der Waals surface area contributed by atoms with Gasteiger partial charge in [0.1, 0.15) is 0 Å². The fraction of sp³-hybridized carbons (Fsp3) is 1.00. The summed E-state index contributed by atoms with van der Waals surface area (Å²) < 4.78 is 0. The van der Waals surface area contributed by atoms with Crippen LogP contribution in [0.4, 0.5) is 0 Å². The van der Waals surface area contributed by atoms with Crippen molar-refractivity contribution in [3.05, 3.63) is 0 Å². The predicted molar refractivity (Wildman–Crippen MR) is 76.8 cm³/mol. The van der Waals surface area contributed by atoms with Gasteiger partial charge in [-0.05, 0) is 76.4 Å². The first-order chi connectivity index (χ1) is 8.76. The lowest BCUT2D eigenvalue weighted by atomic mass is 9.77. The Morgan fingerprint density at radius 2 is 1.83 bits per heavy atom. The van der Waals surface area contributed by atoms with E-state index < -0.39 is 0 Å². The normalized spacial score (nSPS) is 37.2. The Kier molecular flexibility index (Phi) is 3.95. The van der Waals surface area contributed by atoms with E-state index in [-0.39, 0.29) is 0 Å². The summed E-state index contributed by atoms with van der Waals surface area (Å²) in [6.07, 6.45) is 11.8. The van der Waals surface area contributed by atoms with Crippen molar-refractivity contribution >= 4 is 0 Å². The molecule has 2 unspecified atom stereocenters. The van der Waals surface area contributed by atoms with Gasteiger partial charge in [-0.3, -0.25) is 0 Å². The fourth-order valence-electron chi connectivity index (χ4n) is 4.60. The highest BCUT2D eigenvalue weighted by atomic mass is 15.1. The highest BCUT2D eigenvalue weighted by molar-refractivity contribution is 4.90. The summed E-state index contributed by atoms with van der Waals surface area (Å²) in [6.45, 7) is 7.73. The molecule has 1 N–H and O–H groups in total. The van der Waals surface area contributed by atoms with Crippen LogP contribution < -0.4 is 5.32 Å². The third-order valence-corrected chi connectivity index (χ3v) is 5.83. The van der Waals surface area contributed by atoms with Gasteiger partial charge < -0.3 is 10.2 Å². The van der Waals surface area contributed by atoms with Gasteiger partial charge in [-0.15, -0.1) is 0 Å². The SMILES string of the molecule is CC1CC(CN2CCC3(CCCC3)CC2)CCN1. The molecule has 3 fully saturated rings. The van der Waals surface area contributed by atoms with E-state index in [1.54, 1.807) is 0 Å². The largest absolute Gasteiger partial charge is 0.314 e. The van der Waals surface area contributed by atoms with Crippen molar-refractivity contribution in [1.82, 2.24) is 10.2 Å². The molecule has 104 valence electrons. The molecule has 0 radical (unpaired) electrons. The van der Waals surface area contributed by atoms with Crippen LogP contribution in [0.2, 0.25) is 0 Å². The zero-order valence-electron chi connectivity index (χ0n) is 12.1. The first-order valence-electron chi connectivity index (χ1n) is 8.22. The molecule has 0 aromatic carbocycles. The summed E-state index contributed by atoms with van der Waals surface area (Å²) in [5, 5.41) is 3.57. The maximum Gasteiger partial charge on any atom is 0.00418 e. The van der Waals surface area contributed by atoms with Gasteiger partial charge >= 0.3 is 0 Å². The maximum absolute atomic E-state index is 3.57. The first kappa shape index (κ1) is 12.9. The van der Waals surface area contributed by atoms with Crippen LogP contribution in [-0.4, -0.2) is 37.1 Å². The molecular formula is C16H30N2. The van der Waals surface area contributed by atoms with Crippen molar-refractivity contribution in [3.8, 4) is 0 Å². The molecule has 0 aromatic rings. The molecule has 2 aliphatic heterocycles. The van der Waals surface area contributed by atoms with Crippen LogP contribution in [0.1, 0.15) is 58.3 Å². The Balaban J connectivity index is 1.45. The second-order valence-corrected chi connectivity index (χ2v) is 7.25. The summed E-state index contributed by atoms with van der Waals surface area (Å²) in [5.74, 6) is 0.957. The quantitative estimate of drug-likeness (QED) is 0.810. The van der Waals surface area contributed by atoms with Gasteiger partial charge in [-0.25, -0.2) is 0 Å². The predicted octanol–water partition coefficient (Wildman–Crippen LogP) is 3.03. The van der Waals surface area contributed by atoms with Gasteiger partial charge in [-0.2, -0.15) is 0 Å². The first-order valence-corrected chi connectivity index (χ1v) is 8.22. The van der Waals surface area contributed by atoms with E-state index >= 15 is 0 Å². The summed E-state index contributed by atoms with van der Waals surface area (Å²) in [5.41, 5.74) is 0.790. The Morgan fingerprint density at radius 3 is 2.50 bits per heavy atom. The molecule has 1 spiro atoms. The molecule has 0 bridgehead atoms. The molecule has 2 atom stereocenters. The van der Waals surface area contributed by atoms with Crippen LogP contribution in [0.25, 0.3) is 0 Å². The van der Waals surface area contributed by atoms with Crippen molar-refractivity contribution in [2.24, 2.45) is 11.3 Å². The van der Waals surface area contributed by atoms with E-state index in [1.165, 1.54) is 77.5 Å². The van der Waals surface area contributed by atoms with Gasteiger partial charge in [0.25, 0.3) is 0 Å². The minimum absolute atomic E-state index is 0.745. The molecule has 3 rings (SSSR count). The average molecular weight is 250 g/mol. The van der Waals surface area contributed by atoms with Gasteiger partial charge in [0, 0.05) is 12.6 Å². The van der Waals surface area contributed by atoms with E-state index in [1.807, 2.05) is 0 Å². The molecule has 2 saturated heterocycles. The highest BCUT2D eigenvalue weighted by Gasteiger charge is 2.37. The standard InChI is InChI=1S/C16H30N2/c1-14-12-15(4-9-17-14)13-18-10-7-16(8-11-18)5-2-3-6-16/h14-15,17H,2-13H2,1H3. The maximum atomic E-state index is 3.57. The monoisotopic (exact) mass is 250 g/mol. The van der Waals surface area contributed by atoms with E-state index in [4.69, 9.17) is 0 Å². The smallest absolute Gasteiger partial charge is 0.00418 e. The third-order valence-electron chi connectivity index (χ3n) is 5.83. The van der Waals surface area contributed by atoms with Crippen LogP contribution in [0.3, 0.4) is 0 Å². The lowest BCUT2D eigenvalue weighted by molar-refractivity contribution is 0.0879. The summed E-state index contributed by atoms with van der Waals surface area (Å²) in [7, 11) is 0. The van der Waals surface area contributed by atoms with Gasteiger partial charge in [0.05, 0.1) is 0 Å². The van der Waals surface area contributed by atoms with Crippen LogP contribution in [0, 0.1) is 11.3 Å². The number of rotatable bonds is 2. The van der Waals surface area contributed by atoms with Crippen molar-refractivity contribution in [2.75, 3.05) is 26.2 Å². The number of nitrogens with one attached hydrogen (secondary N) is 1. The molecule has 2 heteroatoms. The van der Waals surface area contributed by atoms with Crippen LogP contribution in [0.5, 0.6) is 0 Å². The zero-order chi connectivity index (χ0) is 12.4. The summed E-state index contributed by atoms with van der Waals surface area (Å²) >= 11 is 0. The van der Waals surface area contributed by atoms with Crippen molar-refractivity contribution < 1.29 is 0 Å². The number of hydrogen-bond donors (Lipinski definition) is 1. The minimum Gasteiger partial charge on any atom is -0.314 e. The Bertz CT molecular complexity index is 260. The van der Waals surface area contributed by atoms with E-state index in [2.05, 4.69) is 17.1 Å². The number of piperidine rings is 2. The molecular weight excluding hydrogens is 220 g/mol. The zero-order valence-corrected chi connectivity index (χ0v) is 12.1. The van der Waals surface area contributed by atoms with Crippen molar-refractivity contribution in [1.29, 1.82) is 0 Å². The summed E-state index contributed by atoms with van der Waals surface area (Å²) in [4.78, 5) is 2.77. The van der Waals surface area contributed by atoms with Crippen LogP contribution in [0.15, 0.2) is 0 Å². The molecule has 3 aliphatic rings. The van der Waals surface area contributed by atoms with Crippen LogP contribution >= 0.6 is 0 Å². The molecule has 0 amide bonds. The minimum atomic E-state index is 0.745. The number of hydrogen-bond acceptors (Lipinski definition) is 2. The topological polar surface area (TPSA) is 15.3 Å². The molecule has 1 aliphatic carbocycles. The van der Waals surface area contributed by atoms with Crippen molar-refractivity contribution in [2.45, 2.75) is 64.3 Å². The lowest BCUT2D eigenvalue weighted by Gasteiger charge is -2.41. The second kappa shape index (κ2) is 5.50. The van der Waals surface area contributed by atoms with Gasteiger partial charge in [-0.1, -0.05) is 12.8 Å². The van der Waals surface area contributed by atoms with Gasteiger partial charge in [0.2, 0.25) is 0 Å². The number of likely N-dealkylation sites (tertiary alicyclic amines) is 1. The summed E-state index contributed by atoms with van der Waals surface area (Å²) in [6, 6.07) is 0.745.